The predicted molar refractivity (Wildman–Crippen MR) is 72.4 cm³/mol. The first-order valence-corrected chi connectivity index (χ1v) is 7.62. The molecule has 0 saturated heterocycles. The Bertz CT molecular complexity index is 542. The number of aromatic hydroxyl groups is 1. The van der Waals surface area contributed by atoms with Gasteiger partial charge in [-0.05, 0) is 28.1 Å². The average Bonchev–Trinajstić information content (AvgIpc) is 2.18. The molecule has 0 atom stereocenters. The Morgan fingerprint density at radius 2 is 2.00 bits per heavy atom. The summed E-state index contributed by atoms with van der Waals surface area (Å²) in [7, 11) is -4.00. The Morgan fingerprint density at radius 1 is 1.35 bits per heavy atom. The summed E-state index contributed by atoms with van der Waals surface area (Å²) in [4.78, 5) is 3.80. The number of phenols is 1. The molecule has 0 saturated carbocycles. The van der Waals surface area contributed by atoms with E-state index in [-0.39, 0.29) is 12.3 Å². The Balaban J connectivity index is 2.78. The molecule has 8 heteroatoms. The number of nitrogens with zero attached hydrogens (tertiary/aromatic N) is 1. The molecule has 0 radical (unpaired) electrons. The molecule has 0 amide bonds. The van der Waals surface area contributed by atoms with E-state index >= 15 is 0 Å². The monoisotopic (exact) mass is 385 g/mol. The highest BCUT2D eigenvalue weighted by Gasteiger charge is 2.06. The Kier molecular flexibility index (Phi) is 5.11. The largest absolute Gasteiger partial charge is 0.506 e. The third kappa shape index (κ3) is 5.15. The van der Waals surface area contributed by atoms with E-state index in [0.29, 0.717) is 10.0 Å². The Morgan fingerprint density at radius 3 is 2.59 bits per heavy atom. The quantitative estimate of drug-likeness (QED) is 0.613. The van der Waals surface area contributed by atoms with E-state index in [0.717, 1.165) is 4.47 Å². The molecule has 0 aliphatic heterocycles. The highest BCUT2D eigenvalue weighted by molar-refractivity contribution is 9.11. The van der Waals surface area contributed by atoms with Crippen LogP contribution in [0.3, 0.4) is 0 Å². The molecule has 1 aromatic rings. The molecule has 0 bridgehead atoms. The van der Waals surface area contributed by atoms with E-state index in [2.05, 4.69) is 36.9 Å². The molecular formula is C9H9Br2NO4S. The van der Waals surface area contributed by atoms with Crippen LogP contribution in [-0.2, 0) is 10.1 Å². The third-order valence-electron chi connectivity index (χ3n) is 1.77. The van der Waals surface area contributed by atoms with Gasteiger partial charge in [0.2, 0.25) is 0 Å². The Labute approximate surface area is 116 Å². The fourth-order valence-electron chi connectivity index (χ4n) is 1.02. The van der Waals surface area contributed by atoms with Crippen LogP contribution in [0.1, 0.15) is 5.56 Å². The molecule has 0 spiro atoms. The second-order valence-electron chi connectivity index (χ2n) is 3.15. The minimum absolute atomic E-state index is 0.0174. The smallest absolute Gasteiger partial charge is 0.266 e. The van der Waals surface area contributed by atoms with Crippen molar-refractivity contribution in [3.8, 4) is 5.75 Å². The van der Waals surface area contributed by atoms with Gasteiger partial charge in [0.1, 0.15) is 5.75 Å². The van der Waals surface area contributed by atoms with E-state index in [1.54, 1.807) is 12.1 Å². The number of rotatable bonds is 4. The number of halogens is 2. The second-order valence-corrected chi connectivity index (χ2v) is 6.49. The summed E-state index contributed by atoms with van der Waals surface area (Å²) in [5.41, 5.74) is 0.446. The average molecular weight is 387 g/mol. The first-order valence-electron chi connectivity index (χ1n) is 4.42. The van der Waals surface area contributed by atoms with Crippen molar-refractivity contribution in [2.45, 2.75) is 0 Å². The maximum atomic E-state index is 10.4. The normalized spacial score (nSPS) is 12.2. The van der Waals surface area contributed by atoms with Crippen molar-refractivity contribution in [2.24, 2.45) is 4.99 Å². The van der Waals surface area contributed by atoms with Gasteiger partial charge in [0.05, 0.1) is 16.8 Å². The fourth-order valence-corrected chi connectivity index (χ4v) is 2.61. The predicted octanol–water partition coefficient (Wildman–Crippen LogP) is 2.22. The van der Waals surface area contributed by atoms with Gasteiger partial charge >= 0.3 is 0 Å². The zero-order valence-corrected chi connectivity index (χ0v) is 12.5. The number of hydrogen-bond donors (Lipinski definition) is 2. The van der Waals surface area contributed by atoms with Crippen LogP contribution in [0.2, 0.25) is 0 Å². The zero-order chi connectivity index (χ0) is 13.1. The molecule has 0 aliphatic rings. The second kappa shape index (κ2) is 5.94. The minimum atomic E-state index is -4.00. The lowest BCUT2D eigenvalue weighted by Crippen LogP contribution is -2.06. The molecule has 0 fully saturated rings. The van der Waals surface area contributed by atoms with E-state index in [4.69, 9.17) is 4.55 Å². The van der Waals surface area contributed by atoms with Crippen LogP contribution in [0, 0.1) is 0 Å². The summed E-state index contributed by atoms with van der Waals surface area (Å²) >= 11 is 6.41. The molecule has 2 N–H and O–H groups in total. The van der Waals surface area contributed by atoms with Gasteiger partial charge in [-0.3, -0.25) is 9.55 Å². The van der Waals surface area contributed by atoms with Crippen molar-refractivity contribution in [1.29, 1.82) is 0 Å². The summed E-state index contributed by atoms with van der Waals surface area (Å²) in [6.07, 6.45) is 1.34. The SMILES string of the molecule is O=S(=O)(O)CCN=Cc1cc(Br)cc(Br)c1O. The highest BCUT2D eigenvalue weighted by atomic mass is 79.9. The number of aliphatic imine (C=N–C) groups is 1. The number of hydrogen-bond acceptors (Lipinski definition) is 4. The standard InChI is InChI=1S/C9H9Br2NO4S/c10-7-3-6(9(13)8(11)4-7)5-12-1-2-17(14,15)16/h3-5,13H,1-2H2,(H,14,15,16). The van der Waals surface area contributed by atoms with Gasteiger partial charge in [-0.2, -0.15) is 8.42 Å². The summed E-state index contributed by atoms with van der Waals surface area (Å²) in [6.45, 7) is -0.0671. The maximum absolute atomic E-state index is 10.4. The van der Waals surface area contributed by atoms with Gasteiger partial charge in [-0.25, -0.2) is 0 Å². The van der Waals surface area contributed by atoms with Gasteiger partial charge < -0.3 is 5.11 Å². The molecule has 1 rings (SSSR count). The number of phenolic OH excluding ortho intramolecular Hbond substituents is 1. The molecule has 0 aromatic heterocycles. The zero-order valence-electron chi connectivity index (χ0n) is 8.47. The van der Waals surface area contributed by atoms with Crippen LogP contribution in [0.5, 0.6) is 5.75 Å². The van der Waals surface area contributed by atoms with Crippen LogP contribution in [0.25, 0.3) is 0 Å². The van der Waals surface area contributed by atoms with E-state index in [9.17, 15) is 13.5 Å². The van der Waals surface area contributed by atoms with Crippen molar-refractivity contribution in [3.05, 3.63) is 26.6 Å². The van der Waals surface area contributed by atoms with Crippen LogP contribution in [-0.4, -0.2) is 36.6 Å². The summed E-state index contributed by atoms with van der Waals surface area (Å²) in [5.74, 6) is -0.428. The van der Waals surface area contributed by atoms with Crippen LogP contribution < -0.4 is 0 Å². The van der Waals surface area contributed by atoms with E-state index < -0.39 is 15.9 Å². The molecule has 0 aliphatic carbocycles. The van der Waals surface area contributed by atoms with Crippen molar-refractivity contribution < 1.29 is 18.1 Å². The topological polar surface area (TPSA) is 87.0 Å². The first-order chi connectivity index (χ1) is 7.79. The third-order valence-corrected chi connectivity index (χ3v) is 3.53. The van der Waals surface area contributed by atoms with Gasteiger partial charge in [-0.1, -0.05) is 15.9 Å². The molecule has 17 heavy (non-hydrogen) atoms. The van der Waals surface area contributed by atoms with Crippen LogP contribution in [0.4, 0.5) is 0 Å². The molecule has 1 aromatic carbocycles. The lowest BCUT2D eigenvalue weighted by molar-refractivity contribution is 0.471. The van der Waals surface area contributed by atoms with Gasteiger partial charge in [0.15, 0.2) is 0 Å². The van der Waals surface area contributed by atoms with Crippen LogP contribution >= 0.6 is 31.9 Å². The van der Waals surface area contributed by atoms with Crippen molar-refractivity contribution in [1.82, 2.24) is 0 Å². The van der Waals surface area contributed by atoms with Crippen molar-refractivity contribution in [2.75, 3.05) is 12.3 Å². The minimum Gasteiger partial charge on any atom is -0.506 e. The highest BCUT2D eigenvalue weighted by Crippen LogP contribution is 2.30. The molecular weight excluding hydrogens is 378 g/mol. The summed E-state index contributed by atoms with van der Waals surface area (Å²) in [6, 6.07) is 3.31. The fraction of sp³-hybridized carbons (Fsp3) is 0.222. The lowest BCUT2D eigenvalue weighted by atomic mass is 10.2. The molecule has 94 valence electrons. The lowest BCUT2D eigenvalue weighted by Gasteiger charge is -2.02. The van der Waals surface area contributed by atoms with Crippen LogP contribution in [0.15, 0.2) is 26.1 Å². The number of benzene rings is 1. The first kappa shape index (κ1) is 14.6. The molecule has 5 nitrogen and oxygen atoms in total. The van der Waals surface area contributed by atoms with Crippen molar-refractivity contribution >= 4 is 48.2 Å². The summed E-state index contributed by atoms with van der Waals surface area (Å²) in [5, 5.41) is 9.65. The maximum Gasteiger partial charge on any atom is 0.266 e. The van der Waals surface area contributed by atoms with Gasteiger partial charge in [-0.15, -0.1) is 0 Å². The van der Waals surface area contributed by atoms with Gasteiger partial charge in [0.25, 0.3) is 10.1 Å². The Hall–Kier alpha value is -0.440. The van der Waals surface area contributed by atoms with Gasteiger partial charge in [0, 0.05) is 16.3 Å². The van der Waals surface area contributed by atoms with Crippen molar-refractivity contribution in [3.63, 3.8) is 0 Å². The summed E-state index contributed by atoms with van der Waals surface area (Å²) < 4.78 is 30.6. The van der Waals surface area contributed by atoms with E-state index in [1.807, 2.05) is 0 Å². The molecule has 0 heterocycles. The molecule has 0 unspecified atom stereocenters. The van der Waals surface area contributed by atoms with E-state index in [1.165, 1.54) is 6.21 Å².